The number of hydrogen-bond donors (Lipinski definition) is 0. The van der Waals surface area contributed by atoms with Crippen LogP contribution in [0.15, 0.2) is 42.0 Å². The van der Waals surface area contributed by atoms with Crippen LogP contribution >= 0.6 is 0 Å². The number of hydrogen-bond acceptors (Lipinski definition) is 4. The number of aryl methyl sites for hydroxylation is 1. The normalized spacial score (nSPS) is 24.8. The largest absolute Gasteiger partial charge is 0.457 e. The van der Waals surface area contributed by atoms with Crippen LogP contribution in [0.4, 0.5) is 0 Å². The molecule has 1 fully saturated rings. The summed E-state index contributed by atoms with van der Waals surface area (Å²) in [5, 5.41) is 0. The zero-order chi connectivity index (χ0) is 24.8. The number of benzene rings is 1. The van der Waals surface area contributed by atoms with Crippen LogP contribution < -0.4 is 0 Å². The zero-order valence-electron chi connectivity index (χ0n) is 22.3. The van der Waals surface area contributed by atoms with Crippen LogP contribution in [-0.4, -0.2) is 40.4 Å². The lowest BCUT2D eigenvalue weighted by atomic mass is 9.83. The fourth-order valence-electron chi connectivity index (χ4n) is 5.34. The van der Waals surface area contributed by atoms with Gasteiger partial charge in [-0.3, -0.25) is 0 Å². The van der Waals surface area contributed by atoms with Gasteiger partial charge in [0, 0.05) is 6.42 Å². The maximum absolute atomic E-state index is 13.2. The Morgan fingerprint density at radius 2 is 1.59 bits per heavy atom. The van der Waals surface area contributed by atoms with Crippen molar-refractivity contribution in [3.8, 4) is 0 Å². The molecule has 0 N–H and O–H groups in total. The molecule has 1 aromatic carbocycles. The molecule has 2 bridgehead atoms. The van der Waals surface area contributed by atoms with Gasteiger partial charge in [-0.1, -0.05) is 69.9 Å². The summed E-state index contributed by atoms with van der Waals surface area (Å²) in [6, 6.07) is 12.8. The third-order valence-corrected chi connectivity index (χ3v) is 12.1. The highest BCUT2D eigenvalue weighted by Gasteiger charge is 2.57. The van der Waals surface area contributed by atoms with Crippen LogP contribution in [0.1, 0.15) is 64.4 Å². The van der Waals surface area contributed by atoms with Gasteiger partial charge in [0.25, 0.3) is 0 Å². The molecule has 0 saturated carbocycles. The molecule has 0 spiro atoms. The van der Waals surface area contributed by atoms with E-state index in [2.05, 4.69) is 76.4 Å². The molecular formula is C28H46O4Si2. The predicted octanol–water partition coefficient (Wildman–Crippen LogP) is 7.42. The number of carbonyl (C=O) groups excluding carboxylic acids is 1. The second-order valence-corrected chi connectivity index (χ2v) is 19.9. The first-order valence-corrected chi connectivity index (χ1v) is 19.7. The van der Waals surface area contributed by atoms with E-state index in [1.807, 2.05) is 0 Å². The van der Waals surface area contributed by atoms with Crippen LogP contribution in [0.2, 0.25) is 38.3 Å². The molecule has 3 rings (SSSR count). The molecule has 1 saturated heterocycles. The van der Waals surface area contributed by atoms with Crippen molar-refractivity contribution in [3.05, 3.63) is 47.5 Å². The van der Waals surface area contributed by atoms with Crippen molar-refractivity contribution in [2.75, 3.05) is 0 Å². The van der Waals surface area contributed by atoms with E-state index in [-0.39, 0.29) is 18.2 Å². The smallest absolute Gasteiger partial charge is 0.341 e. The fourth-order valence-corrected chi connectivity index (χ4v) is 10.2. The molecule has 1 aliphatic carbocycles. The van der Waals surface area contributed by atoms with Crippen molar-refractivity contribution in [1.82, 2.24) is 0 Å². The van der Waals surface area contributed by atoms with Gasteiger partial charge in [0.2, 0.25) is 0 Å². The lowest BCUT2D eigenvalue weighted by Crippen LogP contribution is -2.50. The van der Waals surface area contributed by atoms with E-state index in [0.717, 1.165) is 44.2 Å². The molecule has 1 aliphatic heterocycles. The van der Waals surface area contributed by atoms with Gasteiger partial charge >= 0.3 is 5.97 Å². The van der Waals surface area contributed by atoms with Crippen molar-refractivity contribution in [2.24, 2.45) is 0 Å². The minimum atomic E-state index is -2.00. The SMILES string of the molecule is CCCC[Si](C)(C)O[C@@H]1C(CCCc2ccccc2)=C[C@]2(O[Si](C)(C)CCCC)C[C@H]1OC2=O. The molecular weight excluding hydrogens is 456 g/mol. The number of carbonyl (C=O) groups is 1. The first-order valence-electron chi connectivity index (χ1n) is 13.4. The zero-order valence-corrected chi connectivity index (χ0v) is 24.3. The van der Waals surface area contributed by atoms with Crippen LogP contribution in [0.3, 0.4) is 0 Å². The lowest BCUT2D eigenvalue weighted by Gasteiger charge is -2.39. The summed E-state index contributed by atoms with van der Waals surface area (Å²) >= 11 is 0. The topological polar surface area (TPSA) is 44.8 Å². The van der Waals surface area contributed by atoms with Gasteiger partial charge in [-0.2, -0.15) is 0 Å². The molecule has 0 amide bonds. The Bertz CT molecular complexity index is 836. The Kier molecular flexibility index (Phi) is 9.40. The summed E-state index contributed by atoms with van der Waals surface area (Å²) in [6.45, 7) is 13.5. The molecule has 0 unspecified atom stereocenters. The maximum atomic E-state index is 13.2. The van der Waals surface area contributed by atoms with Crippen molar-refractivity contribution >= 4 is 22.6 Å². The molecule has 34 heavy (non-hydrogen) atoms. The number of rotatable bonds is 14. The minimum Gasteiger partial charge on any atom is -0.457 e. The molecule has 2 aliphatic rings. The second kappa shape index (κ2) is 11.7. The van der Waals surface area contributed by atoms with E-state index in [1.165, 1.54) is 24.0 Å². The number of unbranched alkanes of at least 4 members (excludes halogenated alkanes) is 2. The first kappa shape index (κ1) is 27.4. The van der Waals surface area contributed by atoms with Crippen molar-refractivity contribution in [1.29, 1.82) is 0 Å². The molecule has 190 valence electrons. The maximum Gasteiger partial charge on any atom is 0.341 e. The number of fused-ring (bicyclic) bond motifs is 2. The monoisotopic (exact) mass is 502 g/mol. The summed E-state index contributed by atoms with van der Waals surface area (Å²) in [7, 11) is -3.87. The standard InChI is InChI=1S/C28H46O4Si2/c1-7-9-19-33(3,4)31-26-24(18-14-17-23-15-12-11-13-16-23)21-28(22-25(26)30-27(28)29)32-34(5,6)20-10-8-2/h11-13,15-16,21,25-26H,7-10,14,17-20,22H2,1-6H3/t25-,26-,28+/m1/s1. The Labute approximate surface area is 209 Å². The van der Waals surface area contributed by atoms with Crippen LogP contribution in [0.25, 0.3) is 0 Å². The van der Waals surface area contributed by atoms with Gasteiger partial charge in [-0.15, -0.1) is 0 Å². The summed E-state index contributed by atoms with van der Waals surface area (Å²) in [6.07, 6.45) is 9.99. The predicted molar refractivity (Wildman–Crippen MR) is 145 cm³/mol. The van der Waals surface area contributed by atoms with Gasteiger partial charge in [0.15, 0.2) is 22.2 Å². The van der Waals surface area contributed by atoms with Crippen LogP contribution in [0, 0.1) is 0 Å². The average molecular weight is 503 g/mol. The van der Waals surface area contributed by atoms with E-state index < -0.39 is 22.2 Å². The van der Waals surface area contributed by atoms with Gasteiger partial charge in [-0.25, -0.2) is 4.79 Å². The summed E-state index contributed by atoms with van der Waals surface area (Å²) < 4.78 is 19.6. The summed E-state index contributed by atoms with van der Waals surface area (Å²) in [5.74, 6) is -0.200. The fraction of sp³-hybridized carbons (Fsp3) is 0.679. The Balaban J connectivity index is 1.83. The third kappa shape index (κ3) is 7.15. The van der Waals surface area contributed by atoms with E-state index in [0.29, 0.717) is 6.42 Å². The first-order chi connectivity index (χ1) is 16.1. The summed E-state index contributed by atoms with van der Waals surface area (Å²) in [4.78, 5) is 13.2. The van der Waals surface area contributed by atoms with Crippen molar-refractivity contribution < 1.29 is 18.4 Å². The van der Waals surface area contributed by atoms with Crippen molar-refractivity contribution in [3.63, 3.8) is 0 Å². The Hall–Kier alpha value is -1.22. The van der Waals surface area contributed by atoms with E-state index >= 15 is 0 Å². The lowest BCUT2D eigenvalue weighted by molar-refractivity contribution is -0.151. The van der Waals surface area contributed by atoms with Gasteiger partial charge in [0.05, 0.1) is 0 Å². The molecule has 0 aromatic heterocycles. The minimum absolute atomic E-state index is 0.127. The quantitative estimate of drug-likeness (QED) is 0.151. The highest BCUT2D eigenvalue weighted by Crippen LogP contribution is 2.45. The van der Waals surface area contributed by atoms with E-state index in [4.69, 9.17) is 13.6 Å². The van der Waals surface area contributed by atoms with Crippen LogP contribution in [-0.2, 0) is 24.8 Å². The van der Waals surface area contributed by atoms with Crippen LogP contribution in [0.5, 0.6) is 0 Å². The van der Waals surface area contributed by atoms with Gasteiger partial charge in [0.1, 0.15) is 12.2 Å². The Morgan fingerprint density at radius 3 is 2.24 bits per heavy atom. The van der Waals surface area contributed by atoms with E-state index in [1.54, 1.807) is 0 Å². The molecule has 3 atom stereocenters. The Morgan fingerprint density at radius 1 is 0.941 bits per heavy atom. The number of ether oxygens (including phenoxy) is 1. The third-order valence-electron chi connectivity index (χ3n) is 7.17. The molecule has 4 nitrogen and oxygen atoms in total. The van der Waals surface area contributed by atoms with Gasteiger partial charge < -0.3 is 13.6 Å². The molecule has 0 radical (unpaired) electrons. The van der Waals surface area contributed by atoms with Crippen molar-refractivity contribution in [2.45, 2.75) is 121 Å². The highest BCUT2D eigenvalue weighted by molar-refractivity contribution is 6.71. The molecule has 1 aromatic rings. The molecule has 6 heteroatoms. The highest BCUT2D eigenvalue weighted by atomic mass is 28.4. The molecule has 1 heterocycles. The number of esters is 1. The summed E-state index contributed by atoms with van der Waals surface area (Å²) in [5.41, 5.74) is 1.66. The second-order valence-electron chi connectivity index (χ2n) is 11.5. The van der Waals surface area contributed by atoms with Gasteiger partial charge in [-0.05, 0) is 74.8 Å². The average Bonchev–Trinajstić information content (AvgIpc) is 3.05. The van der Waals surface area contributed by atoms with E-state index in [9.17, 15) is 4.79 Å².